The van der Waals surface area contributed by atoms with Crippen LogP contribution in [-0.2, 0) is 0 Å². The van der Waals surface area contributed by atoms with Crippen LogP contribution in [0.3, 0.4) is 0 Å². The molecule has 0 aliphatic carbocycles. The Hall–Kier alpha value is -1.49. The molecule has 2 nitrogen and oxygen atoms in total. The Morgan fingerprint density at radius 1 is 1.00 bits per heavy atom. The van der Waals surface area contributed by atoms with Gasteiger partial charge in [-0.1, -0.05) is 29.8 Å². The lowest BCUT2D eigenvalue weighted by Gasteiger charge is -2.18. The molecule has 1 unspecified atom stereocenters. The third-order valence-corrected chi connectivity index (χ3v) is 2.91. The standard InChI is InChI=1S/C13H11ClF2N2/c14-9-6-4-8(5-7-9)13(18-17)12-10(15)2-1-3-11(12)16/h1-7,13,18H,17H2. The van der Waals surface area contributed by atoms with Crippen LogP contribution in [0.2, 0.25) is 5.02 Å². The van der Waals surface area contributed by atoms with Crippen molar-refractivity contribution in [2.45, 2.75) is 6.04 Å². The third-order valence-electron chi connectivity index (χ3n) is 2.66. The summed E-state index contributed by atoms with van der Waals surface area (Å²) in [6.07, 6.45) is 0. The zero-order chi connectivity index (χ0) is 13.1. The maximum absolute atomic E-state index is 13.7. The largest absolute Gasteiger partial charge is 0.271 e. The van der Waals surface area contributed by atoms with Gasteiger partial charge in [-0.3, -0.25) is 5.84 Å². The molecule has 0 saturated carbocycles. The molecule has 2 aromatic rings. The summed E-state index contributed by atoms with van der Waals surface area (Å²) in [6, 6.07) is 9.54. The quantitative estimate of drug-likeness (QED) is 0.663. The number of hydrazine groups is 1. The molecule has 5 heteroatoms. The van der Waals surface area contributed by atoms with Gasteiger partial charge in [0.1, 0.15) is 11.6 Å². The first-order valence-electron chi connectivity index (χ1n) is 5.29. The summed E-state index contributed by atoms with van der Waals surface area (Å²) in [5, 5.41) is 0.545. The van der Waals surface area contributed by atoms with E-state index < -0.39 is 17.7 Å². The average molecular weight is 269 g/mol. The van der Waals surface area contributed by atoms with E-state index >= 15 is 0 Å². The smallest absolute Gasteiger partial charge is 0.131 e. The summed E-state index contributed by atoms with van der Waals surface area (Å²) >= 11 is 5.77. The molecule has 2 rings (SSSR count). The second-order valence-corrected chi connectivity index (χ2v) is 4.22. The summed E-state index contributed by atoms with van der Waals surface area (Å²) in [6.45, 7) is 0. The van der Waals surface area contributed by atoms with Crippen LogP contribution < -0.4 is 11.3 Å². The molecule has 0 fully saturated rings. The molecule has 1 atom stereocenters. The average Bonchev–Trinajstić information content (AvgIpc) is 2.35. The Morgan fingerprint density at radius 2 is 1.56 bits per heavy atom. The number of benzene rings is 2. The van der Waals surface area contributed by atoms with Gasteiger partial charge in [-0.15, -0.1) is 0 Å². The highest BCUT2D eigenvalue weighted by Gasteiger charge is 2.20. The number of hydrogen-bond acceptors (Lipinski definition) is 2. The van der Waals surface area contributed by atoms with Crippen molar-refractivity contribution in [3.8, 4) is 0 Å². The van der Waals surface area contributed by atoms with E-state index in [0.717, 1.165) is 0 Å². The number of hydrogen-bond donors (Lipinski definition) is 2. The SMILES string of the molecule is NNC(c1ccc(Cl)cc1)c1c(F)cccc1F. The fourth-order valence-electron chi connectivity index (χ4n) is 1.79. The van der Waals surface area contributed by atoms with Gasteiger partial charge in [-0.05, 0) is 29.8 Å². The van der Waals surface area contributed by atoms with Crippen LogP contribution in [0.1, 0.15) is 17.2 Å². The molecule has 18 heavy (non-hydrogen) atoms. The minimum atomic E-state index is -0.761. The van der Waals surface area contributed by atoms with Crippen molar-refractivity contribution in [1.29, 1.82) is 0 Å². The summed E-state index contributed by atoms with van der Waals surface area (Å²) in [7, 11) is 0. The van der Waals surface area contributed by atoms with E-state index in [2.05, 4.69) is 5.43 Å². The zero-order valence-corrected chi connectivity index (χ0v) is 10.1. The summed E-state index contributed by atoms with van der Waals surface area (Å²) in [5.74, 6) is 4.11. The third kappa shape index (κ3) is 2.51. The van der Waals surface area contributed by atoms with E-state index in [-0.39, 0.29) is 5.56 Å². The topological polar surface area (TPSA) is 38.0 Å². The van der Waals surface area contributed by atoms with Crippen molar-refractivity contribution >= 4 is 11.6 Å². The molecule has 0 aliphatic heterocycles. The minimum Gasteiger partial charge on any atom is -0.271 e. The Balaban J connectivity index is 2.48. The lowest BCUT2D eigenvalue weighted by molar-refractivity contribution is 0.510. The second-order valence-electron chi connectivity index (χ2n) is 3.79. The Kier molecular flexibility index (Phi) is 3.91. The normalized spacial score (nSPS) is 12.4. The van der Waals surface area contributed by atoms with Gasteiger partial charge < -0.3 is 0 Å². The van der Waals surface area contributed by atoms with Crippen molar-refractivity contribution < 1.29 is 8.78 Å². The number of rotatable bonds is 3. The molecule has 94 valence electrons. The number of nitrogens with two attached hydrogens (primary N) is 1. The first-order chi connectivity index (χ1) is 8.63. The van der Waals surface area contributed by atoms with Crippen LogP contribution in [0.15, 0.2) is 42.5 Å². The van der Waals surface area contributed by atoms with Gasteiger partial charge in [0.15, 0.2) is 0 Å². The Morgan fingerprint density at radius 3 is 2.06 bits per heavy atom. The first-order valence-corrected chi connectivity index (χ1v) is 5.66. The molecule has 0 aliphatic rings. The fourth-order valence-corrected chi connectivity index (χ4v) is 1.91. The monoisotopic (exact) mass is 268 g/mol. The summed E-state index contributed by atoms with van der Waals surface area (Å²) in [5.41, 5.74) is 2.93. The van der Waals surface area contributed by atoms with Crippen LogP contribution in [0.25, 0.3) is 0 Å². The van der Waals surface area contributed by atoms with Crippen molar-refractivity contribution in [3.05, 3.63) is 70.2 Å². The van der Waals surface area contributed by atoms with E-state index in [1.807, 2.05) is 0 Å². The molecule has 3 N–H and O–H groups in total. The fraction of sp³-hybridized carbons (Fsp3) is 0.0769. The van der Waals surface area contributed by atoms with E-state index in [4.69, 9.17) is 17.4 Å². The molecular formula is C13H11ClF2N2. The van der Waals surface area contributed by atoms with Gasteiger partial charge in [-0.25, -0.2) is 14.2 Å². The highest BCUT2D eigenvalue weighted by Crippen LogP contribution is 2.27. The number of nitrogens with one attached hydrogen (secondary N) is 1. The van der Waals surface area contributed by atoms with Crippen molar-refractivity contribution in [3.63, 3.8) is 0 Å². The maximum atomic E-state index is 13.7. The van der Waals surface area contributed by atoms with Crippen LogP contribution in [0.5, 0.6) is 0 Å². The maximum Gasteiger partial charge on any atom is 0.131 e. The van der Waals surface area contributed by atoms with Gasteiger partial charge in [0, 0.05) is 10.6 Å². The lowest BCUT2D eigenvalue weighted by Crippen LogP contribution is -2.30. The first kappa shape index (κ1) is 13.0. The molecule has 0 amide bonds. The molecule has 0 heterocycles. The molecule has 0 spiro atoms. The van der Waals surface area contributed by atoms with Crippen LogP contribution in [-0.4, -0.2) is 0 Å². The van der Waals surface area contributed by atoms with Crippen molar-refractivity contribution in [2.24, 2.45) is 5.84 Å². The van der Waals surface area contributed by atoms with Crippen LogP contribution >= 0.6 is 11.6 Å². The van der Waals surface area contributed by atoms with Gasteiger partial charge in [0.2, 0.25) is 0 Å². The van der Waals surface area contributed by atoms with Crippen LogP contribution in [0.4, 0.5) is 8.78 Å². The van der Waals surface area contributed by atoms with E-state index in [1.165, 1.54) is 18.2 Å². The predicted octanol–water partition coefficient (Wildman–Crippen LogP) is 3.17. The molecule has 0 radical (unpaired) electrons. The highest BCUT2D eigenvalue weighted by atomic mass is 35.5. The Bertz CT molecular complexity index is 523. The number of halogens is 3. The van der Waals surface area contributed by atoms with Crippen molar-refractivity contribution in [1.82, 2.24) is 5.43 Å². The van der Waals surface area contributed by atoms with Gasteiger partial charge in [0.05, 0.1) is 6.04 Å². The van der Waals surface area contributed by atoms with Crippen molar-refractivity contribution in [2.75, 3.05) is 0 Å². The minimum absolute atomic E-state index is 0.109. The second kappa shape index (κ2) is 5.44. The molecule has 0 aromatic heterocycles. The summed E-state index contributed by atoms with van der Waals surface area (Å²) < 4.78 is 27.4. The molecule has 0 bridgehead atoms. The lowest BCUT2D eigenvalue weighted by atomic mass is 9.98. The van der Waals surface area contributed by atoms with Gasteiger partial charge in [-0.2, -0.15) is 0 Å². The van der Waals surface area contributed by atoms with E-state index in [9.17, 15) is 8.78 Å². The molecule has 0 saturated heterocycles. The van der Waals surface area contributed by atoms with Gasteiger partial charge in [0.25, 0.3) is 0 Å². The molecular weight excluding hydrogens is 258 g/mol. The van der Waals surface area contributed by atoms with E-state index in [1.54, 1.807) is 24.3 Å². The molecule has 2 aromatic carbocycles. The zero-order valence-electron chi connectivity index (χ0n) is 9.33. The summed E-state index contributed by atoms with van der Waals surface area (Å²) in [4.78, 5) is 0. The predicted molar refractivity (Wildman–Crippen MR) is 67.0 cm³/mol. The Labute approximate surface area is 108 Å². The van der Waals surface area contributed by atoms with Gasteiger partial charge >= 0.3 is 0 Å². The van der Waals surface area contributed by atoms with E-state index in [0.29, 0.717) is 10.6 Å². The highest BCUT2D eigenvalue weighted by molar-refractivity contribution is 6.30. The van der Waals surface area contributed by atoms with Crippen LogP contribution in [0, 0.1) is 11.6 Å².